The molecule has 0 spiro atoms. The van der Waals surface area contributed by atoms with Crippen LogP contribution >= 0.6 is 0 Å². The van der Waals surface area contributed by atoms with Gasteiger partial charge in [0.25, 0.3) is 0 Å². The number of methoxy groups -OCH3 is 1. The van der Waals surface area contributed by atoms with Gasteiger partial charge in [0.2, 0.25) is 0 Å². The van der Waals surface area contributed by atoms with E-state index >= 15 is 0 Å². The summed E-state index contributed by atoms with van der Waals surface area (Å²) in [6.07, 6.45) is -0.523. The van der Waals surface area contributed by atoms with Gasteiger partial charge in [0.15, 0.2) is 0 Å². The third kappa shape index (κ3) is 5.18. The number of hydrogen-bond donors (Lipinski definition) is 1. The van der Waals surface area contributed by atoms with Gasteiger partial charge in [0.05, 0.1) is 18.8 Å². The Morgan fingerprint density at radius 3 is 2.18 bits per heavy atom. The van der Waals surface area contributed by atoms with E-state index in [1.807, 2.05) is 20.8 Å². The quantitative estimate of drug-likeness (QED) is 0.650. The van der Waals surface area contributed by atoms with Gasteiger partial charge in [0, 0.05) is 7.11 Å². The van der Waals surface area contributed by atoms with Gasteiger partial charge in [-0.1, -0.05) is 0 Å². The molecule has 0 aliphatic heterocycles. The summed E-state index contributed by atoms with van der Waals surface area (Å²) in [4.78, 5) is 0. The zero-order chi connectivity index (χ0) is 8.85. The van der Waals surface area contributed by atoms with E-state index in [2.05, 4.69) is 0 Å². The van der Waals surface area contributed by atoms with Crippen LogP contribution < -0.4 is 0 Å². The molecule has 0 fully saturated rings. The highest BCUT2D eigenvalue weighted by atomic mass is 16.5. The molecule has 3 heteroatoms. The van der Waals surface area contributed by atoms with Gasteiger partial charge in [-0.15, -0.1) is 0 Å². The van der Waals surface area contributed by atoms with Crippen molar-refractivity contribution in [2.75, 3.05) is 13.7 Å². The van der Waals surface area contributed by atoms with Crippen LogP contribution in [-0.4, -0.2) is 37.1 Å². The lowest BCUT2D eigenvalue weighted by Gasteiger charge is -2.18. The second-order valence-electron chi connectivity index (χ2n) is 2.89. The van der Waals surface area contributed by atoms with Gasteiger partial charge in [-0.25, -0.2) is 0 Å². The molecule has 0 aromatic carbocycles. The molecule has 0 aliphatic carbocycles. The Morgan fingerprint density at radius 2 is 1.82 bits per heavy atom. The Labute approximate surface area is 68.3 Å². The average Bonchev–Trinajstić information content (AvgIpc) is 1.98. The Bertz CT molecular complexity index is 93.3. The van der Waals surface area contributed by atoms with Crippen molar-refractivity contribution in [1.82, 2.24) is 0 Å². The predicted octanol–water partition coefficient (Wildman–Crippen LogP) is 0.807. The molecule has 0 radical (unpaired) electrons. The van der Waals surface area contributed by atoms with E-state index in [0.717, 1.165) is 0 Å². The van der Waals surface area contributed by atoms with E-state index in [4.69, 9.17) is 9.47 Å². The molecule has 2 unspecified atom stereocenters. The molecule has 0 bridgehead atoms. The molecule has 3 nitrogen and oxygen atoms in total. The van der Waals surface area contributed by atoms with Crippen molar-refractivity contribution < 1.29 is 14.6 Å². The minimum absolute atomic E-state index is 0.159. The van der Waals surface area contributed by atoms with Gasteiger partial charge in [-0.05, 0) is 20.8 Å². The van der Waals surface area contributed by atoms with Crippen LogP contribution in [0.5, 0.6) is 0 Å². The van der Waals surface area contributed by atoms with Crippen LogP contribution in [0.25, 0.3) is 0 Å². The second-order valence-corrected chi connectivity index (χ2v) is 2.89. The van der Waals surface area contributed by atoms with Crippen LogP contribution in [0.2, 0.25) is 0 Å². The zero-order valence-corrected chi connectivity index (χ0v) is 7.70. The molecule has 0 saturated carbocycles. The lowest BCUT2D eigenvalue weighted by atomic mass is 10.2. The first-order valence-electron chi connectivity index (χ1n) is 3.90. The van der Waals surface area contributed by atoms with Crippen LogP contribution in [0.15, 0.2) is 0 Å². The van der Waals surface area contributed by atoms with Crippen LogP contribution in [0.3, 0.4) is 0 Å². The highest BCUT2D eigenvalue weighted by molar-refractivity contribution is 4.62. The van der Waals surface area contributed by atoms with Crippen molar-refractivity contribution in [2.24, 2.45) is 0 Å². The number of aliphatic hydroxyl groups is 1. The maximum absolute atomic E-state index is 9.32. The monoisotopic (exact) mass is 162 g/mol. The molecule has 68 valence electrons. The predicted molar refractivity (Wildman–Crippen MR) is 43.6 cm³/mol. The second kappa shape index (κ2) is 5.52. The highest BCUT2D eigenvalue weighted by Crippen LogP contribution is 1.99. The van der Waals surface area contributed by atoms with E-state index in [1.165, 1.54) is 0 Å². The summed E-state index contributed by atoms with van der Waals surface area (Å²) in [6.45, 7) is 6.02. The first kappa shape index (κ1) is 10.9. The van der Waals surface area contributed by atoms with Crippen molar-refractivity contribution in [3.8, 4) is 0 Å². The fourth-order valence-corrected chi connectivity index (χ4v) is 0.584. The highest BCUT2D eigenvalue weighted by Gasteiger charge is 2.13. The Kier molecular flexibility index (Phi) is 5.46. The standard InChI is InChI=1S/C8H18O3/c1-6(2)11-5-8(9)7(3)10-4/h6-9H,5H2,1-4H3. The Balaban J connectivity index is 3.43. The van der Waals surface area contributed by atoms with Crippen molar-refractivity contribution in [3.63, 3.8) is 0 Å². The van der Waals surface area contributed by atoms with Gasteiger partial charge >= 0.3 is 0 Å². The summed E-state index contributed by atoms with van der Waals surface area (Å²) in [7, 11) is 1.57. The Hall–Kier alpha value is -0.120. The number of hydrogen-bond acceptors (Lipinski definition) is 3. The van der Waals surface area contributed by atoms with Gasteiger partial charge < -0.3 is 14.6 Å². The molecule has 11 heavy (non-hydrogen) atoms. The summed E-state index contributed by atoms with van der Waals surface area (Å²) < 4.78 is 10.1. The van der Waals surface area contributed by atoms with E-state index in [-0.39, 0.29) is 12.2 Å². The zero-order valence-electron chi connectivity index (χ0n) is 7.70. The van der Waals surface area contributed by atoms with Gasteiger partial charge in [-0.2, -0.15) is 0 Å². The van der Waals surface area contributed by atoms with Crippen molar-refractivity contribution in [1.29, 1.82) is 0 Å². The first-order valence-corrected chi connectivity index (χ1v) is 3.90. The fraction of sp³-hybridized carbons (Fsp3) is 1.00. The Morgan fingerprint density at radius 1 is 1.27 bits per heavy atom. The minimum atomic E-state index is -0.526. The third-order valence-electron chi connectivity index (χ3n) is 1.51. The summed E-state index contributed by atoms with van der Waals surface area (Å²) in [5.41, 5.74) is 0. The fourth-order valence-electron chi connectivity index (χ4n) is 0.584. The van der Waals surface area contributed by atoms with E-state index in [0.29, 0.717) is 6.61 Å². The minimum Gasteiger partial charge on any atom is -0.388 e. The summed E-state index contributed by atoms with van der Waals surface area (Å²) in [5.74, 6) is 0. The normalized spacial score (nSPS) is 16.9. The largest absolute Gasteiger partial charge is 0.388 e. The summed E-state index contributed by atoms with van der Waals surface area (Å²) in [6, 6.07) is 0. The lowest BCUT2D eigenvalue weighted by Crippen LogP contribution is -2.30. The molecule has 0 saturated heterocycles. The first-order chi connectivity index (χ1) is 5.07. The smallest absolute Gasteiger partial charge is 0.103 e. The van der Waals surface area contributed by atoms with Crippen LogP contribution in [0, 0.1) is 0 Å². The molecule has 1 N–H and O–H groups in total. The van der Waals surface area contributed by atoms with Crippen molar-refractivity contribution in [3.05, 3.63) is 0 Å². The van der Waals surface area contributed by atoms with Gasteiger partial charge in [0.1, 0.15) is 6.10 Å². The number of ether oxygens (including phenoxy) is 2. The van der Waals surface area contributed by atoms with Crippen LogP contribution in [0.4, 0.5) is 0 Å². The summed E-state index contributed by atoms with van der Waals surface area (Å²) >= 11 is 0. The van der Waals surface area contributed by atoms with E-state index < -0.39 is 6.10 Å². The average molecular weight is 162 g/mol. The van der Waals surface area contributed by atoms with Gasteiger partial charge in [-0.3, -0.25) is 0 Å². The maximum Gasteiger partial charge on any atom is 0.103 e. The third-order valence-corrected chi connectivity index (χ3v) is 1.51. The molecule has 0 amide bonds. The number of aliphatic hydroxyl groups excluding tert-OH is 1. The van der Waals surface area contributed by atoms with Crippen molar-refractivity contribution >= 4 is 0 Å². The molecule has 2 atom stereocenters. The molecular weight excluding hydrogens is 144 g/mol. The van der Waals surface area contributed by atoms with Crippen LogP contribution in [-0.2, 0) is 9.47 Å². The SMILES string of the molecule is COC(C)C(O)COC(C)C. The molecular formula is C8H18O3. The topological polar surface area (TPSA) is 38.7 Å². The van der Waals surface area contributed by atoms with Crippen LogP contribution in [0.1, 0.15) is 20.8 Å². The molecule has 0 heterocycles. The lowest BCUT2D eigenvalue weighted by molar-refractivity contribution is -0.0606. The molecule has 0 aliphatic rings. The summed E-state index contributed by atoms with van der Waals surface area (Å²) in [5, 5.41) is 9.32. The van der Waals surface area contributed by atoms with E-state index in [9.17, 15) is 5.11 Å². The number of rotatable bonds is 5. The molecule has 0 aromatic rings. The maximum atomic E-state index is 9.32. The van der Waals surface area contributed by atoms with Crippen molar-refractivity contribution in [2.45, 2.75) is 39.1 Å². The molecule has 0 aromatic heterocycles. The van der Waals surface area contributed by atoms with E-state index in [1.54, 1.807) is 7.11 Å². The molecule has 0 rings (SSSR count).